The summed E-state index contributed by atoms with van der Waals surface area (Å²) in [6, 6.07) is 27.4. The van der Waals surface area contributed by atoms with Crippen LogP contribution in [0.25, 0.3) is 11.1 Å². The molecule has 0 aliphatic heterocycles. The van der Waals surface area contributed by atoms with Gasteiger partial charge in [-0.05, 0) is 26.3 Å². The van der Waals surface area contributed by atoms with E-state index in [2.05, 4.69) is 114 Å². The Morgan fingerprint density at radius 3 is 1.71 bits per heavy atom. The summed E-state index contributed by atoms with van der Waals surface area (Å²) < 4.78 is 0. The maximum Gasteiger partial charge on any atom is 4.00 e. The molecule has 0 bridgehead atoms. The Balaban J connectivity index is 0.00000289. The molecule has 0 nitrogen and oxygen atoms in total. The summed E-state index contributed by atoms with van der Waals surface area (Å²) >= 11 is 0. The fourth-order valence-electron chi connectivity index (χ4n) is 5.08. The predicted octanol–water partition coefficient (Wildman–Crippen LogP) is -2.48. The van der Waals surface area contributed by atoms with Gasteiger partial charge >= 0.3 is 21.7 Å². The number of rotatable bonds is 5. The van der Waals surface area contributed by atoms with E-state index in [0.29, 0.717) is 5.54 Å². The van der Waals surface area contributed by atoms with Gasteiger partial charge in [0.1, 0.15) is 0 Å². The van der Waals surface area contributed by atoms with Crippen LogP contribution in [0.3, 0.4) is 0 Å². The van der Waals surface area contributed by atoms with Gasteiger partial charge in [-0.15, -0.1) is 16.7 Å². The van der Waals surface area contributed by atoms with Crippen molar-refractivity contribution in [3.05, 3.63) is 117 Å². The van der Waals surface area contributed by atoms with Crippen molar-refractivity contribution in [2.24, 2.45) is 0 Å². The van der Waals surface area contributed by atoms with Gasteiger partial charge in [0.05, 0.1) is 9.52 Å². The molecule has 0 aliphatic carbocycles. The Morgan fingerprint density at radius 2 is 1.17 bits per heavy atom. The summed E-state index contributed by atoms with van der Waals surface area (Å²) in [7, 11) is -0.599. The van der Waals surface area contributed by atoms with Crippen molar-refractivity contribution in [3.8, 4) is 11.1 Å². The van der Waals surface area contributed by atoms with Crippen molar-refractivity contribution in [2.45, 2.75) is 47.1 Å². The maximum atomic E-state index is 2.42. The number of aryl methyl sites for hydroxylation is 3. The molecule has 4 aromatic rings. The molecule has 182 valence electrons. The van der Waals surface area contributed by atoms with Crippen LogP contribution in [0.2, 0.25) is 0 Å². The van der Waals surface area contributed by atoms with Crippen molar-refractivity contribution < 1.29 is 58.9 Å². The van der Waals surface area contributed by atoms with Crippen LogP contribution in [-0.4, -0.2) is 9.52 Å². The minimum absolute atomic E-state index is 0. The number of halogens is 3. The fraction of sp³-hybridized carbons (Fsp3) is 0.233. The van der Waals surface area contributed by atoms with Gasteiger partial charge in [0.15, 0.2) is 0 Å². The molecule has 35 heavy (non-hydrogen) atoms. The van der Waals surface area contributed by atoms with Crippen LogP contribution in [0.15, 0.2) is 72.8 Å². The van der Waals surface area contributed by atoms with E-state index in [-0.39, 0.29) is 58.9 Å². The Kier molecular flexibility index (Phi) is 14.0. The molecule has 5 heteroatoms. The second-order valence-electron chi connectivity index (χ2n) is 9.19. The van der Waals surface area contributed by atoms with Gasteiger partial charge < -0.3 is 37.2 Å². The Morgan fingerprint density at radius 1 is 0.629 bits per heavy atom. The van der Waals surface area contributed by atoms with Gasteiger partial charge in [-0.25, -0.2) is 0 Å². The first-order chi connectivity index (χ1) is 14.8. The molecule has 4 rings (SSSR count). The summed E-state index contributed by atoms with van der Waals surface area (Å²) in [5.74, 6) is 0. The van der Waals surface area contributed by atoms with E-state index >= 15 is 0 Å². The number of hydrogen-bond donors (Lipinski definition) is 0. The van der Waals surface area contributed by atoms with Crippen molar-refractivity contribution in [2.75, 3.05) is 0 Å². The summed E-state index contributed by atoms with van der Waals surface area (Å²) in [6.45, 7) is 13.6. The Hall–Kier alpha value is -1.19. The monoisotopic (exact) mass is 574 g/mol. The summed E-state index contributed by atoms with van der Waals surface area (Å²) in [6.07, 6.45) is 0. The molecule has 0 spiro atoms. The van der Waals surface area contributed by atoms with Crippen LogP contribution in [0, 0.1) is 41.5 Å². The van der Waals surface area contributed by atoms with E-state index in [9.17, 15) is 0 Å². The van der Waals surface area contributed by atoms with Gasteiger partial charge in [0.25, 0.3) is 0 Å². The van der Waals surface area contributed by atoms with Crippen LogP contribution < -0.4 is 42.4 Å². The third kappa shape index (κ3) is 7.42. The molecule has 0 aromatic heterocycles. The van der Waals surface area contributed by atoms with Gasteiger partial charge in [-0.2, -0.15) is 11.1 Å². The molecule has 0 amide bonds. The molecule has 4 aromatic carbocycles. The minimum Gasteiger partial charge on any atom is -1.00 e. The standard InChI is InChI=1S/C30H33Si.3ClH.Ti/c1-19-12-14-26(15-13-19)30(31-27-17-20(2)16-21(3)18-27)29-24(6)22(4)23(5)28(29)25-10-8-7-9-11-25;;;;/h7-18,30H,31H2,1-6H3;3*1H;/q-1;;;;+4/p-3. The predicted molar refractivity (Wildman–Crippen MR) is 139 cm³/mol. The molecule has 0 aliphatic rings. The molecule has 0 saturated carbocycles. The molecule has 0 fully saturated rings. The van der Waals surface area contributed by atoms with Gasteiger partial charge in [0, 0.05) is 0 Å². The summed E-state index contributed by atoms with van der Waals surface area (Å²) in [4.78, 5) is 0. The van der Waals surface area contributed by atoms with E-state index in [4.69, 9.17) is 0 Å². The quantitative estimate of drug-likeness (QED) is 0.183. The van der Waals surface area contributed by atoms with Crippen LogP contribution >= 0.6 is 0 Å². The molecule has 0 heterocycles. The third-order valence-corrected chi connectivity index (χ3v) is 8.95. The van der Waals surface area contributed by atoms with Crippen molar-refractivity contribution in [1.82, 2.24) is 0 Å². The molecule has 0 N–H and O–H groups in total. The average Bonchev–Trinajstić information content (AvgIpc) is 2.96. The van der Waals surface area contributed by atoms with Gasteiger partial charge in [0.2, 0.25) is 0 Å². The number of benzene rings is 3. The largest absolute Gasteiger partial charge is 4.00 e. The number of hydrogen-bond acceptors (Lipinski definition) is 0. The molecular weight excluding hydrogens is 543 g/mol. The average molecular weight is 576 g/mol. The fourth-order valence-corrected chi connectivity index (χ4v) is 7.65. The normalized spacial score (nSPS) is 11.1. The van der Waals surface area contributed by atoms with E-state index in [1.54, 1.807) is 10.8 Å². The Bertz CT molecular complexity index is 1190. The van der Waals surface area contributed by atoms with Crippen molar-refractivity contribution >= 4 is 14.7 Å². The second kappa shape index (κ2) is 14.5. The van der Waals surface area contributed by atoms with Crippen molar-refractivity contribution in [1.29, 1.82) is 0 Å². The minimum atomic E-state index is -0.599. The van der Waals surface area contributed by atoms with Crippen molar-refractivity contribution in [3.63, 3.8) is 0 Å². The zero-order valence-corrected chi connectivity index (χ0v) is 26.6. The molecule has 0 saturated heterocycles. The zero-order valence-electron chi connectivity index (χ0n) is 21.3. The first kappa shape index (κ1) is 33.8. The van der Waals surface area contributed by atoms with Gasteiger partial charge in [-0.3, -0.25) is 0 Å². The molecular formula is C30H33Cl3SiTi. The van der Waals surface area contributed by atoms with Gasteiger partial charge in [-0.1, -0.05) is 127 Å². The third-order valence-electron chi connectivity index (χ3n) is 6.79. The molecule has 1 atom stereocenters. The first-order valence-corrected chi connectivity index (χ1v) is 12.8. The van der Waals surface area contributed by atoms with E-state index in [0.717, 1.165) is 0 Å². The first-order valence-electron chi connectivity index (χ1n) is 11.3. The summed E-state index contributed by atoms with van der Waals surface area (Å²) in [5.41, 5.74) is 14.7. The topological polar surface area (TPSA) is 0 Å². The van der Waals surface area contributed by atoms with E-state index in [1.807, 2.05) is 0 Å². The second-order valence-corrected chi connectivity index (χ2v) is 11.2. The SMILES string of the molecule is Cc1ccc(C([SiH2]c2cc(C)cc(C)c2)[c-]2c(C)c(C)c(C)c2-c2ccccc2)cc1.[Cl-].[Cl-].[Cl-].[Ti+4]. The maximum absolute atomic E-state index is 2.42. The Labute approximate surface area is 247 Å². The summed E-state index contributed by atoms with van der Waals surface area (Å²) in [5, 5.41) is 1.55. The molecule has 0 radical (unpaired) electrons. The van der Waals surface area contributed by atoms with Crippen LogP contribution in [0.1, 0.15) is 50.0 Å². The zero-order chi connectivity index (χ0) is 22.1. The molecule has 1 unspecified atom stereocenters. The van der Waals surface area contributed by atoms with Crippen LogP contribution in [-0.2, 0) is 21.7 Å². The van der Waals surface area contributed by atoms with E-state index < -0.39 is 9.52 Å². The van der Waals surface area contributed by atoms with Crippen LogP contribution in [0.5, 0.6) is 0 Å². The smallest absolute Gasteiger partial charge is 1.00 e. The van der Waals surface area contributed by atoms with Crippen LogP contribution in [0.4, 0.5) is 0 Å². The van der Waals surface area contributed by atoms with E-state index in [1.165, 1.54) is 50.1 Å².